The molecule has 1 aromatic rings. The van der Waals surface area contributed by atoms with Crippen molar-refractivity contribution in [2.45, 2.75) is 51.4 Å². The minimum atomic E-state index is -1.37. The van der Waals surface area contributed by atoms with Crippen LogP contribution in [0.2, 0.25) is 0 Å². The van der Waals surface area contributed by atoms with Gasteiger partial charge in [0.2, 0.25) is 12.1 Å². The van der Waals surface area contributed by atoms with Gasteiger partial charge in [-0.05, 0) is 24.9 Å². The summed E-state index contributed by atoms with van der Waals surface area (Å²) < 4.78 is 5.10. The number of nitrogens with one attached hydrogen (secondary N) is 4. The first-order chi connectivity index (χ1) is 16.4. The highest BCUT2D eigenvalue weighted by atomic mass is 16.7. The van der Waals surface area contributed by atoms with Crippen LogP contribution in [0, 0.1) is 0 Å². The first kappa shape index (κ1) is 25.4. The van der Waals surface area contributed by atoms with E-state index in [9.17, 15) is 19.5 Å². The molecule has 2 heterocycles. The van der Waals surface area contributed by atoms with Gasteiger partial charge in [-0.3, -0.25) is 20.7 Å². The van der Waals surface area contributed by atoms with Crippen molar-refractivity contribution in [1.82, 2.24) is 26.2 Å². The van der Waals surface area contributed by atoms with Gasteiger partial charge in [0.15, 0.2) is 0 Å². The van der Waals surface area contributed by atoms with E-state index >= 15 is 0 Å². The van der Waals surface area contributed by atoms with Crippen molar-refractivity contribution in [3.8, 4) is 0 Å². The predicted molar refractivity (Wildman–Crippen MR) is 123 cm³/mol. The van der Waals surface area contributed by atoms with Gasteiger partial charge in [0.05, 0.1) is 12.3 Å². The third kappa shape index (κ3) is 7.97. The smallest absolute Gasteiger partial charge is 0.408 e. The average molecular weight is 477 g/mol. The topological polar surface area (TPSA) is 154 Å². The lowest BCUT2D eigenvalue weighted by Crippen LogP contribution is -2.52. The Morgan fingerprint density at radius 2 is 2.00 bits per heavy atom. The van der Waals surface area contributed by atoms with E-state index in [0.29, 0.717) is 12.8 Å². The molecule has 0 saturated carbocycles. The van der Waals surface area contributed by atoms with E-state index in [1.807, 2.05) is 6.07 Å². The molecule has 2 atom stereocenters. The SMILES string of the molecule is CC(=O)N(CC(NC(=O)OCc1ccccc1)C(=O)O)C1CC(CCCNC2NCCN2)=NO1. The number of amides is 2. The summed E-state index contributed by atoms with van der Waals surface area (Å²) in [4.78, 5) is 42.8. The number of hydrogen-bond donors (Lipinski definition) is 5. The molecule has 1 aromatic carbocycles. The summed E-state index contributed by atoms with van der Waals surface area (Å²) in [6, 6.07) is 7.65. The Bertz CT molecular complexity index is 861. The molecule has 0 bridgehead atoms. The van der Waals surface area contributed by atoms with Crippen molar-refractivity contribution < 1.29 is 29.1 Å². The van der Waals surface area contributed by atoms with E-state index in [1.54, 1.807) is 24.3 Å². The molecule has 0 aliphatic carbocycles. The van der Waals surface area contributed by atoms with Crippen LogP contribution in [0.5, 0.6) is 0 Å². The van der Waals surface area contributed by atoms with Crippen molar-refractivity contribution in [1.29, 1.82) is 0 Å². The molecular formula is C22H32N6O6. The van der Waals surface area contributed by atoms with Crippen molar-refractivity contribution in [2.75, 3.05) is 26.2 Å². The summed E-state index contributed by atoms with van der Waals surface area (Å²) in [5, 5.41) is 25.8. The van der Waals surface area contributed by atoms with Crippen molar-refractivity contribution in [2.24, 2.45) is 5.16 Å². The highest BCUT2D eigenvalue weighted by Crippen LogP contribution is 2.18. The summed E-state index contributed by atoms with van der Waals surface area (Å²) >= 11 is 0. The lowest BCUT2D eigenvalue weighted by Gasteiger charge is -2.28. The summed E-state index contributed by atoms with van der Waals surface area (Å²) in [6.45, 7) is 3.68. The zero-order valence-corrected chi connectivity index (χ0v) is 19.2. The molecule has 0 aromatic heterocycles. The molecule has 2 amide bonds. The summed E-state index contributed by atoms with van der Waals surface area (Å²) in [7, 11) is 0. The van der Waals surface area contributed by atoms with Gasteiger partial charge in [0, 0.05) is 26.4 Å². The largest absolute Gasteiger partial charge is 0.480 e. The van der Waals surface area contributed by atoms with Crippen LogP contribution in [0.15, 0.2) is 35.5 Å². The molecule has 12 nitrogen and oxygen atoms in total. The second kappa shape index (κ2) is 12.9. The van der Waals surface area contributed by atoms with Crippen LogP contribution in [-0.2, 0) is 25.8 Å². The normalized spacial score (nSPS) is 18.6. The van der Waals surface area contributed by atoms with Crippen molar-refractivity contribution in [3.05, 3.63) is 35.9 Å². The van der Waals surface area contributed by atoms with E-state index < -0.39 is 24.3 Å². The van der Waals surface area contributed by atoms with Crippen LogP contribution in [0.3, 0.4) is 0 Å². The van der Waals surface area contributed by atoms with Gasteiger partial charge in [-0.25, -0.2) is 9.59 Å². The molecular weight excluding hydrogens is 444 g/mol. The van der Waals surface area contributed by atoms with E-state index in [0.717, 1.165) is 37.3 Å². The number of carbonyl (C=O) groups is 3. The highest BCUT2D eigenvalue weighted by Gasteiger charge is 2.33. The molecule has 3 rings (SSSR count). The number of carboxylic acid groups (broad SMARTS) is 1. The van der Waals surface area contributed by atoms with Crippen LogP contribution in [0.25, 0.3) is 0 Å². The number of carbonyl (C=O) groups excluding carboxylic acids is 2. The van der Waals surface area contributed by atoms with Crippen LogP contribution < -0.4 is 21.3 Å². The molecule has 34 heavy (non-hydrogen) atoms. The Hall–Kier alpha value is -3.22. The molecule has 0 spiro atoms. The molecule has 2 aliphatic heterocycles. The monoisotopic (exact) mass is 476 g/mol. The molecule has 2 aliphatic rings. The zero-order valence-electron chi connectivity index (χ0n) is 19.2. The first-order valence-corrected chi connectivity index (χ1v) is 11.3. The van der Waals surface area contributed by atoms with Crippen LogP contribution in [-0.4, -0.2) is 78.4 Å². The Kier molecular flexibility index (Phi) is 9.62. The van der Waals surface area contributed by atoms with E-state index in [4.69, 9.17) is 9.57 Å². The fraction of sp³-hybridized carbons (Fsp3) is 0.545. The number of oxime groups is 1. The number of benzene rings is 1. The second-order valence-electron chi connectivity index (χ2n) is 8.09. The maximum atomic E-state index is 12.2. The predicted octanol–water partition coefficient (Wildman–Crippen LogP) is 0.163. The quantitative estimate of drug-likeness (QED) is 0.266. The maximum Gasteiger partial charge on any atom is 0.408 e. The van der Waals surface area contributed by atoms with Gasteiger partial charge < -0.3 is 24.9 Å². The fourth-order valence-electron chi connectivity index (χ4n) is 3.65. The minimum Gasteiger partial charge on any atom is -0.480 e. The van der Waals surface area contributed by atoms with Gasteiger partial charge >= 0.3 is 12.1 Å². The van der Waals surface area contributed by atoms with Crippen LogP contribution >= 0.6 is 0 Å². The number of alkyl carbamates (subject to hydrolysis) is 1. The lowest BCUT2D eigenvalue weighted by atomic mass is 10.1. The lowest BCUT2D eigenvalue weighted by molar-refractivity contribution is -0.147. The van der Waals surface area contributed by atoms with Gasteiger partial charge in [-0.1, -0.05) is 35.5 Å². The fourth-order valence-corrected chi connectivity index (χ4v) is 3.65. The third-order valence-electron chi connectivity index (χ3n) is 5.46. The summed E-state index contributed by atoms with van der Waals surface area (Å²) in [6.07, 6.45) is 0.410. The standard InChI is InChI=1S/C22H32N6O6/c1-15(29)28(19-12-17(27-34-19)8-5-9-23-21-24-10-11-25-21)13-18(20(30)31)26-22(32)33-14-16-6-3-2-4-7-16/h2-4,6-7,18-19,21,23-25H,5,8-14H2,1H3,(H,26,32)(H,30,31). The molecule has 0 radical (unpaired) electrons. The maximum absolute atomic E-state index is 12.2. The Morgan fingerprint density at radius 3 is 2.68 bits per heavy atom. The summed E-state index contributed by atoms with van der Waals surface area (Å²) in [5.74, 6) is -1.67. The van der Waals surface area contributed by atoms with Crippen molar-refractivity contribution >= 4 is 23.7 Å². The molecule has 2 unspecified atom stereocenters. The van der Waals surface area contributed by atoms with Crippen LogP contribution in [0.1, 0.15) is 31.7 Å². The Labute approximate surface area is 198 Å². The van der Waals surface area contributed by atoms with Crippen molar-refractivity contribution in [3.63, 3.8) is 0 Å². The third-order valence-corrected chi connectivity index (χ3v) is 5.46. The molecule has 186 valence electrons. The second-order valence-corrected chi connectivity index (χ2v) is 8.09. The Balaban J connectivity index is 1.44. The van der Waals surface area contributed by atoms with E-state index in [-0.39, 0.29) is 25.3 Å². The molecule has 1 fully saturated rings. The molecule has 5 N–H and O–H groups in total. The number of carboxylic acids is 1. The minimum absolute atomic E-state index is 0.0000991. The summed E-state index contributed by atoms with van der Waals surface area (Å²) in [5.41, 5.74) is 1.57. The average Bonchev–Trinajstić information content (AvgIpc) is 3.50. The first-order valence-electron chi connectivity index (χ1n) is 11.3. The number of nitrogens with zero attached hydrogens (tertiary/aromatic N) is 2. The number of ether oxygens (including phenoxy) is 1. The Morgan fingerprint density at radius 1 is 1.26 bits per heavy atom. The van der Waals surface area contributed by atoms with Crippen LogP contribution in [0.4, 0.5) is 4.79 Å². The number of rotatable bonds is 12. The van der Waals surface area contributed by atoms with E-state index in [1.165, 1.54) is 11.8 Å². The van der Waals surface area contributed by atoms with E-state index in [2.05, 4.69) is 26.4 Å². The number of aliphatic carboxylic acids is 1. The highest BCUT2D eigenvalue weighted by molar-refractivity contribution is 5.86. The number of hydrogen-bond acceptors (Lipinski definition) is 9. The van der Waals surface area contributed by atoms with Gasteiger partial charge in [-0.2, -0.15) is 0 Å². The van der Waals surface area contributed by atoms with Gasteiger partial charge in [0.1, 0.15) is 18.9 Å². The van der Waals surface area contributed by atoms with Gasteiger partial charge in [-0.15, -0.1) is 0 Å². The zero-order chi connectivity index (χ0) is 24.3. The molecule has 12 heteroatoms. The molecule has 1 saturated heterocycles. The van der Waals surface area contributed by atoms with Gasteiger partial charge in [0.25, 0.3) is 0 Å².